The first-order valence-electron chi connectivity index (χ1n) is 7.11. The maximum absolute atomic E-state index is 10.7. The van der Waals surface area contributed by atoms with E-state index in [0.29, 0.717) is 10.8 Å². The van der Waals surface area contributed by atoms with E-state index < -0.39 is 6.10 Å². The van der Waals surface area contributed by atoms with Gasteiger partial charge >= 0.3 is 0 Å². The summed E-state index contributed by atoms with van der Waals surface area (Å²) in [4.78, 5) is 10.7. The number of hydrogen-bond acceptors (Lipinski definition) is 4. The first-order chi connectivity index (χ1) is 10.5. The van der Waals surface area contributed by atoms with Crippen molar-refractivity contribution in [2.24, 2.45) is 5.29 Å². The number of aliphatic hydroxyl groups excluding tert-OH is 1. The zero-order chi connectivity index (χ0) is 16.1. The molecular formula is C16H19ClN2O3. The molecule has 1 unspecified atom stereocenters. The number of nitroso groups, excluding NO2 is 1. The predicted molar refractivity (Wildman–Crippen MR) is 88.1 cm³/mol. The average Bonchev–Trinajstić information content (AvgIpc) is 2.52. The summed E-state index contributed by atoms with van der Waals surface area (Å²) < 4.78 is 5.68. The summed E-state index contributed by atoms with van der Waals surface area (Å²) in [7, 11) is 0. The Labute approximate surface area is 134 Å². The van der Waals surface area contributed by atoms with Crippen LogP contribution in [0.5, 0.6) is 5.75 Å². The molecule has 0 saturated heterocycles. The van der Waals surface area contributed by atoms with Crippen LogP contribution in [0.3, 0.4) is 0 Å². The lowest BCUT2D eigenvalue weighted by Gasteiger charge is -2.22. The molecule has 0 aliphatic carbocycles. The molecule has 5 nitrogen and oxygen atoms in total. The van der Waals surface area contributed by atoms with E-state index in [1.165, 1.54) is 5.01 Å². The second kappa shape index (κ2) is 7.42. The molecule has 0 spiro atoms. The van der Waals surface area contributed by atoms with E-state index in [9.17, 15) is 10.0 Å². The van der Waals surface area contributed by atoms with Crippen molar-refractivity contribution in [3.63, 3.8) is 0 Å². The van der Waals surface area contributed by atoms with Crippen molar-refractivity contribution >= 4 is 22.4 Å². The Morgan fingerprint density at radius 1 is 1.23 bits per heavy atom. The van der Waals surface area contributed by atoms with Gasteiger partial charge in [-0.15, -0.1) is 4.91 Å². The summed E-state index contributed by atoms with van der Waals surface area (Å²) in [5.41, 5.74) is 0. The molecule has 2 aromatic rings. The van der Waals surface area contributed by atoms with Crippen LogP contribution in [-0.4, -0.2) is 35.4 Å². The molecule has 0 aliphatic rings. The zero-order valence-electron chi connectivity index (χ0n) is 12.6. The van der Waals surface area contributed by atoms with Crippen LogP contribution in [0.1, 0.15) is 13.8 Å². The molecular weight excluding hydrogens is 304 g/mol. The third-order valence-electron chi connectivity index (χ3n) is 3.36. The molecule has 0 bridgehead atoms. The van der Waals surface area contributed by atoms with Gasteiger partial charge in [0.1, 0.15) is 18.5 Å². The summed E-state index contributed by atoms with van der Waals surface area (Å²) in [6, 6.07) is 11.1. The number of benzene rings is 2. The molecule has 22 heavy (non-hydrogen) atoms. The van der Waals surface area contributed by atoms with Crippen molar-refractivity contribution in [2.45, 2.75) is 26.0 Å². The van der Waals surface area contributed by atoms with Gasteiger partial charge in [-0.1, -0.05) is 35.9 Å². The average molecular weight is 323 g/mol. The summed E-state index contributed by atoms with van der Waals surface area (Å²) in [6.45, 7) is 3.88. The van der Waals surface area contributed by atoms with Gasteiger partial charge < -0.3 is 9.84 Å². The minimum absolute atomic E-state index is 0.0662. The maximum Gasteiger partial charge on any atom is 0.127 e. The molecule has 0 aromatic heterocycles. The van der Waals surface area contributed by atoms with Crippen LogP contribution in [0.4, 0.5) is 0 Å². The Bertz CT molecular complexity index is 648. The minimum atomic E-state index is -0.811. The Morgan fingerprint density at radius 3 is 2.55 bits per heavy atom. The predicted octanol–water partition coefficient (Wildman–Crippen LogP) is 3.62. The van der Waals surface area contributed by atoms with Crippen LogP contribution in [0.25, 0.3) is 10.8 Å². The molecule has 0 fully saturated rings. The van der Waals surface area contributed by atoms with Gasteiger partial charge in [0.2, 0.25) is 0 Å². The van der Waals surface area contributed by atoms with Crippen LogP contribution in [-0.2, 0) is 0 Å². The Balaban J connectivity index is 2.06. The number of nitrogens with zero attached hydrogens (tertiary/aromatic N) is 2. The van der Waals surface area contributed by atoms with Crippen LogP contribution >= 0.6 is 11.6 Å². The maximum atomic E-state index is 10.7. The lowest BCUT2D eigenvalue weighted by atomic mass is 10.1. The fraction of sp³-hybridized carbons (Fsp3) is 0.375. The highest BCUT2D eigenvalue weighted by molar-refractivity contribution is 6.35. The van der Waals surface area contributed by atoms with Crippen LogP contribution in [0.2, 0.25) is 5.02 Å². The SMILES string of the molecule is CC(C)N(CC(O)COc1ccc(Cl)c2ccccc12)N=O. The molecule has 2 rings (SSSR count). The number of aliphatic hydroxyl groups is 1. The second-order valence-corrected chi connectivity index (χ2v) is 5.76. The third-order valence-corrected chi connectivity index (χ3v) is 3.69. The van der Waals surface area contributed by atoms with Crippen molar-refractivity contribution < 1.29 is 9.84 Å². The summed E-state index contributed by atoms with van der Waals surface area (Å²) in [5, 5.41) is 16.6. The van der Waals surface area contributed by atoms with E-state index in [1.54, 1.807) is 12.1 Å². The fourth-order valence-corrected chi connectivity index (χ4v) is 2.38. The van der Waals surface area contributed by atoms with Gasteiger partial charge in [0, 0.05) is 21.8 Å². The number of ether oxygens (including phenoxy) is 1. The van der Waals surface area contributed by atoms with E-state index in [-0.39, 0.29) is 19.2 Å². The molecule has 0 saturated carbocycles. The first kappa shape index (κ1) is 16.5. The molecule has 6 heteroatoms. The summed E-state index contributed by atoms with van der Waals surface area (Å²) in [5.74, 6) is 0.647. The number of hydrogen-bond donors (Lipinski definition) is 1. The molecule has 0 amide bonds. The summed E-state index contributed by atoms with van der Waals surface area (Å²) >= 11 is 6.16. The number of fused-ring (bicyclic) bond motifs is 1. The van der Waals surface area contributed by atoms with Gasteiger partial charge in [0.15, 0.2) is 0 Å². The highest BCUT2D eigenvalue weighted by Gasteiger charge is 2.15. The highest BCUT2D eigenvalue weighted by atomic mass is 35.5. The van der Waals surface area contributed by atoms with Crippen molar-refractivity contribution in [1.29, 1.82) is 0 Å². The Kier molecular flexibility index (Phi) is 5.57. The zero-order valence-corrected chi connectivity index (χ0v) is 13.3. The van der Waals surface area contributed by atoms with Gasteiger partial charge in [-0.25, -0.2) is 0 Å². The molecule has 0 aliphatic heterocycles. The van der Waals surface area contributed by atoms with E-state index in [4.69, 9.17) is 16.3 Å². The topological polar surface area (TPSA) is 62.1 Å². The van der Waals surface area contributed by atoms with Gasteiger partial charge in [0.25, 0.3) is 0 Å². The number of rotatable bonds is 7. The van der Waals surface area contributed by atoms with Crippen molar-refractivity contribution in [1.82, 2.24) is 5.01 Å². The van der Waals surface area contributed by atoms with Gasteiger partial charge in [-0.05, 0) is 26.0 Å². The minimum Gasteiger partial charge on any atom is -0.490 e. The van der Waals surface area contributed by atoms with Crippen LogP contribution in [0, 0.1) is 4.91 Å². The quantitative estimate of drug-likeness (QED) is 0.624. The first-order valence-corrected chi connectivity index (χ1v) is 7.48. The van der Waals surface area contributed by atoms with E-state index in [1.807, 2.05) is 38.1 Å². The third kappa shape index (κ3) is 3.87. The van der Waals surface area contributed by atoms with Gasteiger partial charge in [-0.2, -0.15) is 0 Å². The van der Waals surface area contributed by atoms with E-state index in [0.717, 1.165) is 10.8 Å². The molecule has 2 aromatic carbocycles. The van der Waals surface area contributed by atoms with E-state index in [2.05, 4.69) is 5.29 Å². The lowest BCUT2D eigenvalue weighted by molar-refractivity contribution is 0.0584. The molecule has 0 radical (unpaired) electrons. The Hall–Kier alpha value is -1.85. The lowest BCUT2D eigenvalue weighted by Crippen LogP contribution is -2.36. The molecule has 0 heterocycles. The molecule has 1 N–H and O–H groups in total. The van der Waals surface area contributed by atoms with E-state index >= 15 is 0 Å². The summed E-state index contributed by atoms with van der Waals surface area (Å²) in [6.07, 6.45) is -0.811. The van der Waals surface area contributed by atoms with Gasteiger partial charge in [-0.3, -0.25) is 5.01 Å². The smallest absolute Gasteiger partial charge is 0.127 e. The van der Waals surface area contributed by atoms with Gasteiger partial charge in [0.05, 0.1) is 11.8 Å². The van der Waals surface area contributed by atoms with Crippen LogP contribution in [0.15, 0.2) is 41.7 Å². The van der Waals surface area contributed by atoms with Crippen molar-refractivity contribution in [3.8, 4) is 5.75 Å². The highest BCUT2D eigenvalue weighted by Crippen LogP contribution is 2.31. The molecule has 1 atom stereocenters. The standard InChI is InChI=1S/C16H19ClN2O3/c1-11(2)19(18-21)9-12(20)10-22-16-8-7-15(17)13-5-3-4-6-14(13)16/h3-8,11-12,20H,9-10H2,1-2H3. The number of halogens is 1. The second-order valence-electron chi connectivity index (χ2n) is 5.35. The molecule has 118 valence electrons. The fourth-order valence-electron chi connectivity index (χ4n) is 2.15. The van der Waals surface area contributed by atoms with Crippen molar-refractivity contribution in [2.75, 3.05) is 13.2 Å². The normalized spacial score (nSPS) is 12.4. The monoisotopic (exact) mass is 322 g/mol. The van der Waals surface area contributed by atoms with Crippen LogP contribution < -0.4 is 4.74 Å². The van der Waals surface area contributed by atoms with Crippen molar-refractivity contribution in [3.05, 3.63) is 46.3 Å². The Morgan fingerprint density at radius 2 is 1.91 bits per heavy atom. The largest absolute Gasteiger partial charge is 0.490 e.